The van der Waals surface area contributed by atoms with E-state index < -0.39 is 0 Å². The lowest BCUT2D eigenvalue weighted by molar-refractivity contribution is 0.556. The molecule has 0 saturated heterocycles. The van der Waals surface area contributed by atoms with Gasteiger partial charge in [-0.3, -0.25) is 0 Å². The number of hydrogen-bond donors (Lipinski definition) is 1. The molecule has 5 heteroatoms. The summed E-state index contributed by atoms with van der Waals surface area (Å²) in [5, 5.41) is 0. The summed E-state index contributed by atoms with van der Waals surface area (Å²) in [4.78, 5) is 7.96. The third kappa shape index (κ3) is 2.59. The van der Waals surface area contributed by atoms with Gasteiger partial charge in [-0.2, -0.15) is 0 Å². The molecule has 2 rings (SSSR count). The highest BCUT2D eigenvalue weighted by molar-refractivity contribution is 5.16. The predicted octanol–water partition coefficient (Wildman–Crippen LogP) is 1.14. The number of nitrogens with two attached hydrogens (primary N) is 1. The molecule has 0 fully saturated rings. The fraction of sp³-hybridized carbons (Fsp3) is 0.400. The number of aromatic nitrogens is 4. The molecule has 2 N–H and O–H groups in total. The van der Waals surface area contributed by atoms with Gasteiger partial charge in [0.1, 0.15) is 0 Å². The molecule has 2 heterocycles. The number of nitrogen functional groups attached to an aromatic ring is 1. The quantitative estimate of drug-likeness (QED) is 0.744. The zero-order valence-electron chi connectivity index (χ0n) is 8.58. The number of imidazole rings is 2. The van der Waals surface area contributed by atoms with Gasteiger partial charge >= 0.3 is 0 Å². The summed E-state index contributed by atoms with van der Waals surface area (Å²) in [7, 11) is 0. The monoisotopic (exact) mass is 205 g/mol. The Morgan fingerprint density at radius 1 is 1.13 bits per heavy atom. The number of nitrogens with zero attached hydrogens (tertiary/aromatic N) is 4. The molecule has 0 aliphatic heterocycles. The van der Waals surface area contributed by atoms with E-state index in [1.54, 1.807) is 12.4 Å². The van der Waals surface area contributed by atoms with Crippen LogP contribution in [0.15, 0.2) is 31.1 Å². The van der Waals surface area contributed by atoms with E-state index in [0.29, 0.717) is 5.95 Å². The number of hydrogen-bond acceptors (Lipinski definition) is 3. The van der Waals surface area contributed by atoms with Crippen LogP contribution in [-0.2, 0) is 13.1 Å². The third-order valence-electron chi connectivity index (χ3n) is 2.37. The zero-order valence-corrected chi connectivity index (χ0v) is 8.58. The van der Waals surface area contributed by atoms with Gasteiger partial charge in [0.2, 0.25) is 0 Å². The molecule has 0 spiro atoms. The number of aryl methyl sites for hydroxylation is 2. The summed E-state index contributed by atoms with van der Waals surface area (Å²) in [6.07, 6.45) is 11.5. The molecule has 0 atom stereocenters. The van der Waals surface area contributed by atoms with Crippen molar-refractivity contribution in [3.63, 3.8) is 0 Å². The lowest BCUT2D eigenvalue weighted by Crippen LogP contribution is -2.03. The van der Waals surface area contributed by atoms with Crippen molar-refractivity contribution in [2.45, 2.75) is 25.9 Å². The van der Waals surface area contributed by atoms with E-state index in [2.05, 4.69) is 14.5 Å². The molecule has 15 heavy (non-hydrogen) atoms. The van der Waals surface area contributed by atoms with Crippen LogP contribution in [0.25, 0.3) is 0 Å². The van der Waals surface area contributed by atoms with Crippen molar-refractivity contribution in [2.24, 2.45) is 0 Å². The van der Waals surface area contributed by atoms with Gasteiger partial charge in [-0.25, -0.2) is 9.97 Å². The lowest BCUT2D eigenvalue weighted by Gasteiger charge is -2.04. The van der Waals surface area contributed by atoms with Crippen LogP contribution in [0.3, 0.4) is 0 Å². The Bertz CT molecular complexity index is 390. The van der Waals surface area contributed by atoms with Crippen molar-refractivity contribution in [3.8, 4) is 0 Å². The minimum Gasteiger partial charge on any atom is -0.369 e. The van der Waals surface area contributed by atoms with Gasteiger partial charge in [0.05, 0.1) is 6.33 Å². The predicted molar refractivity (Wildman–Crippen MR) is 58.1 cm³/mol. The summed E-state index contributed by atoms with van der Waals surface area (Å²) >= 11 is 0. The first-order chi connectivity index (χ1) is 7.36. The topological polar surface area (TPSA) is 61.7 Å². The van der Waals surface area contributed by atoms with E-state index in [1.165, 1.54) is 0 Å². The Morgan fingerprint density at radius 3 is 2.67 bits per heavy atom. The minimum atomic E-state index is 0.595. The first-order valence-electron chi connectivity index (χ1n) is 5.08. The van der Waals surface area contributed by atoms with Gasteiger partial charge < -0.3 is 14.9 Å². The Morgan fingerprint density at radius 2 is 2.00 bits per heavy atom. The van der Waals surface area contributed by atoms with Gasteiger partial charge in [0, 0.05) is 37.9 Å². The highest BCUT2D eigenvalue weighted by atomic mass is 15.1. The van der Waals surface area contributed by atoms with Gasteiger partial charge in [0.25, 0.3) is 0 Å². The molecule has 0 amide bonds. The standard InChI is InChI=1S/C10H15N5/c11-10-13-4-8-15(10)6-2-1-5-14-7-3-12-9-14/h3-4,7-9H,1-2,5-6H2,(H2,11,13). The molecule has 80 valence electrons. The third-order valence-corrected chi connectivity index (χ3v) is 2.37. The number of unbranched alkanes of at least 4 members (excludes halogenated alkanes) is 1. The van der Waals surface area contributed by atoms with E-state index in [1.807, 2.05) is 23.3 Å². The lowest BCUT2D eigenvalue weighted by atomic mass is 10.3. The van der Waals surface area contributed by atoms with Crippen LogP contribution >= 0.6 is 0 Å². The van der Waals surface area contributed by atoms with Crippen LogP contribution < -0.4 is 5.73 Å². The van der Waals surface area contributed by atoms with E-state index in [-0.39, 0.29) is 0 Å². The van der Waals surface area contributed by atoms with Crippen LogP contribution in [0.2, 0.25) is 0 Å². The van der Waals surface area contributed by atoms with E-state index in [0.717, 1.165) is 25.9 Å². The summed E-state index contributed by atoms with van der Waals surface area (Å²) in [5.41, 5.74) is 5.65. The normalized spacial score (nSPS) is 10.7. The summed E-state index contributed by atoms with van der Waals surface area (Å²) in [5.74, 6) is 0.595. The first kappa shape index (κ1) is 9.76. The number of anilines is 1. The molecule has 0 aliphatic carbocycles. The highest BCUT2D eigenvalue weighted by Gasteiger charge is 1.96. The smallest absolute Gasteiger partial charge is 0.200 e. The minimum absolute atomic E-state index is 0.595. The van der Waals surface area contributed by atoms with E-state index in [9.17, 15) is 0 Å². The summed E-state index contributed by atoms with van der Waals surface area (Å²) < 4.78 is 4.05. The average molecular weight is 205 g/mol. The molecular formula is C10H15N5. The molecule has 2 aromatic rings. The molecular weight excluding hydrogens is 190 g/mol. The van der Waals surface area contributed by atoms with Crippen molar-refractivity contribution in [2.75, 3.05) is 5.73 Å². The van der Waals surface area contributed by atoms with Crippen molar-refractivity contribution < 1.29 is 0 Å². The highest BCUT2D eigenvalue weighted by Crippen LogP contribution is 2.03. The molecule has 0 saturated carbocycles. The fourth-order valence-electron chi connectivity index (χ4n) is 1.53. The van der Waals surface area contributed by atoms with Crippen LogP contribution in [0.4, 0.5) is 5.95 Å². The molecule has 0 bridgehead atoms. The molecule has 2 aromatic heterocycles. The van der Waals surface area contributed by atoms with Crippen LogP contribution in [0.1, 0.15) is 12.8 Å². The zero-order chi connectivity index (χ0) is 10.5. The fourth-order valence-corrected chi connectivity index (χ4v) is 1.53. The van der Waals surface area contributed by atoms with Gasteiger partial charge in [-0.15, -0.1) is 0 Å². The first-order valence-corrected chi connectivity index (χ1v) is 5.08. The Hall–Kier alpha value is -1.78. The Kier molecular flexibility index (Phi) is 3.02. The van der Waals surface area contributed by atoms with Crippen molar-refractivity contribution in [1.29, 1.82) is 0 Å². The van der Waals surface area contributed by atoms with E-state index in [4.69, 9.17) is 5.73 Å². The SMILES string of the molecule is Nc1nccn1CCCCn1ccnc1. The molecule has 0 radical (unpaired) electrons. The van der Waals surface area contributed by atoms with Crippen molar-refractivity contribution in [1.82, 2.24) is 19.1 Å². The molecule has 0 unspecified atom stereocenters. The largest absolute Gasteiger partial charge is 0.369 e. The maximum absolute atomic E-state index is 5.65. The second-order valence-electron chi connectivity index (χ2n) is 3.49. The molecule has 0 aromatic carbocycles. The van der Waals surface area contributed by atoms with Gasteiger partial charge in [0.15, 0.2) is 5.95 Å². The Balaban J connectivity index is 1.70. The average Bonchev–Trinajstić information content (AvgIpc) is 2.85. The maximum Gasteiger partial charge on any atom is 0.200 e. The van der Waals surface area contributed by atoms with Crippen molar-refractivity contribution >= 4 is 5.95 Å². The van der Waals surface area contributed by atoms with Crippen molar-refractivity contribution in [3.05, 3.63) is 31.1 Å². The van der Waals surface area contributed by atoms with Crippen LogP contribution in [0, 0.1) is 0 Å². The molecule has 5 nitrogen and oxygen atoms in total. The second-order valence-corrected chi connectivity index (χ2v) is 3.49. The molecule has 0 aliphatic rings. The summed E-state index contributed by atoms with van der Waals surface area (Å²) in [6.45, 7) is 1.94. The van der Waals surface area contributed by atoms with Gasteiger partial charge in [-0.05, 0) is 12.8 Å². The maximum atomic E-state index is 5.65. The van der Waals surface area contributed by atoms with Gasteiger partial charge in [-0.1, -0.05) is 0 Å². The Labute approximate surface area is 88.6 Å². The van der Waals surface area contributed by atoms with Crippen LogP contribution in [0.5, 0.6) is 0 Å². The van der Waals surface area contributed by atoms with Crippen LogP contribution in [-0.4, -0.2) is 19.1 Å². The van der Waals surface area contributed by atoms with E-state index >= 15 is 0 Å². The summed E-state index contributed by atoms with van der Waals surface area (Å²) in [6, 6.07) is 0. The number of rotatable bonds is 5. The second kappa shape index (κ2) is 4.63.